The normalized spacial score (nSPS) is 16.1. The van der Waals surface area contributed by atoms with Gasteiger partial charge in [0.25, 0.3) is 6.43 Å². The van der Waals surface area contributed by atoms with E-state index in [9.17, 15) is 13.2 Å². The van der Waals surface area contributed by atoms with Crippen molar-refractivity contribution in [2.45, 2.75) is 26.8 Å². The molecule has 0 atom stereocenters. The lowest BCUT2D eigenvalue weighted by molar-refractivity contribution is 0.224. The van der Waals surface area contributed by atoms with Gasteiger partial charge in [0.2, 0.25) is 0 Å². The molecule has 188 valence electrons. The van der Waals surface area contributed by atoms with E-state index in [-0.39, 0.29) is 31.1 Å². The molecule has 0 spiro atoms. The molecule has 10 heteroatoms. The number of hydrogen-bond donors (Lipinski definition) is 1. The van der Waals surface area contributed by atoms with Gasteiger partial charge in [0.05, 0.1) is 17.3 Å². The number of alkyl halides is 2. The molecule has 2 heterocycles. The van der Waals surface area contributed by atoms with Crippen molar-refractivity contribution >= 4 is 28.7 Å². The Morgan fingerprint density at radius 3 is 2.46 bits per heavy atom. The number of rotatable bonds is 8. The highest BCUT2D eigenvalue weighted by atomic mass is 35.5. The van der Waals surface area contributed by atoms with Crippen molar-refractivity contribution in [3.05, 3.63) is 76.5 Å². The van der Waals surface area contributed by atoms with Gasteiger partial charge in [-0.15, -0.1) is 0 Å². The molecule has 0 amide bonds. The number of piperazine rings is 1. The Bertz CT molecular complexity index is 1130. The first kappa shape index (κ1) is 26.8. The minimum absolute atomic E-state index is 0. The number of benzene rings is 2. The Morgan fingerprint density at radius 2 is 1.83 bits per heavy atom. The summed E-state index contributed by atoms with van der Waals surface area (Å²) in [7, 11) is 0. The van der Waals surface area contributed by atoms with Crippen molar-refractivity contribution in [2.24, 2.45) is 10.2 Å². The highest BCUT2D eigenvalue weighted by Crippen LogP contribution is 2.28. The molecule has 2 aliphatic heterocycles. The van der Waals surface area contributed by atoms with Gasteiger partial charge in [0.1, 0.15) is 17.3 Å². The maximum Gasteiger partial charge on any atom is 0.278 e. The molecule has 0 bridgehead atoms. The topological polar surface area (TPSA) is 43.2 Å². The van der Waals surface area contributed by atoms with E-state index in [0.29, 0.717) is 34.8 Å². The maximum absolute atomic E-state index is 15.1. The van der Waals surface area contributed by atoms with Gasteiger partial charge in [0, 0.05) is 61.7 Å². The van der Waals surface area contributed by atoms with E-state index in [1.54, 1.807) is 23.1 Å². The Kier molecular flexibility index (Phi) is 9.04. The average molecular weight is 510 g/mol. The third-order valence-corrected chi connectivity index (χ3v) is 6.12. The fourth-order valence-corrected chi connectivity index (χ4v) is 4.10. The second kappa shape index (κ2) is 11.8. The molecule has 5 nitrogen and oxygen atoms in total. The third kappa shape index (κ3) is 6.48. The summed E-state index contributed by atoms with van der Waals surface area (Å²) in [5, 5.41) is 10.5. The molecule has 35 heavy (non-hydrogen) atoms. The van der Waals surface area contributed by atoms with Crippen molar-refractivity contribution < 1.29 is 17.6 Å². The molecule has 0 saturated carbocycles. The van der Waals surface area contributed by atoms with E-state index in [2.05, 4.69) is 27.0 Å². The van der Waals surface area contributed by atoms with Crippen LogP contribution in [0.1, 0.15) is 25.0 Å². The first-order chi connectivity index (χ1) is 16.3. The van der Waals surface area contributed by atoms with Crippen LogP contribution in [0.25, 0.3) is 0 Å². The summed E-state index contributed by atoms with van der Waals surface area (Å²) in [6, 6.07) is 8.82. The van der Waals surface area contributed by atoms with E-state index >= 15 is 4.39 Å². The molecule has 1 saturated heterocycles. The van der Waals surface area contributed by atoms with Crippen LogP contribution in [0.3, 0.4) is 0 Å². The lowest BCUT2D eigenvalue weighted by Gasteiger charge is -2.33. The molecule has 2 aromatic rings. The lowest BCUT2D eigenvalue weighted by atomic mass is 10.0. The molecule has 2 aromatic carbocycles. The van der Waals surface area contributed by atoms with Gasteiger partial charge in [-0.25, -0.2) is 17.6 Å². The van der Waals surface area contributed by atoms with E-state index < -0.39 is 18.1 Å². The summed E-state index contributed by atoms with van der Waals surface area (Å²) in [5.41, 5.74) is 2.03. The van der Waals surface area contributed by atoms with Crippen LogP contribution in [0.4, 0.5) is 23.2 Å². The van der Waals surface area contributed by atoms with Gasteiger partial charge < -0.3 is 10.2 Å². The Labute approximate surface area is 207 Å². The van der Waals surface area contributed by atoms with E-state index in [0.717, 1.165) is 26.2 Å². The number of nitrogens with one attached hydrogen (secondary N) is 1. The van der Waals surface area contributed by atoms with Crippen LogP contribution < -0.4 is 10.2 Å². The smallest absolute Gasteiger partial charge is 0.278 e. The van der Waals surface area contributed by atoms with Crippen molar-refractivity contribution in [3.8, 4) is 0 Å². The number of anilines is 1. The Balaban J connectivity index is 0.00000342. The van der Waals surface area contributed by atoms with Gasteiger partial charge in [-0.05, 0) is 24.3 Å². The molecule has 0 aliphatic carbocycles. The zero-order valence-electron chi connectivity index (χ0n) is 18.4. The molecular weight excluding hydrogens is 482 g/mol. The zero-order valence-corrected chi connectivity index (χ0v) is 19.1. The monoisotopic (exact) mass is 509 g/mol. The summed E-state index contributed by atoms with van der Waals surface area (Å²) in [5.74, 6) is -1.06. The molecule has 0 unspecified atom stereocenters. The van der Waals surface area contributed by atoms with Gasteiger partial charge in [0.15, 0.2) is 0 Å². The number of nitrogens with zero attached hydrogens (tertiary/aromatic N) is 4. The molecule has 4 rings (SSSR count). The Morgan fingerprint density at radius 1 is 1.09 bits per heavy atom. The molecule has 1 N–H and O–H groups in total. The zero-order chi connectivity index (χ0) is 24.2. The maximum atomic E-state index is 15.1. The molecule has 2 aliphatic rings. The summed E-state index contributed by atoms with van der Waals surface area (Å²) in [4.78, 5) is 4.03. The second-order valence-electron chi connectivity index (χ2n) is 8.20. The van der Waals surface area contributed by atoms with Crippen LogP contribution in [-0.2, 0) is 6.54 Å². The fourth-order valence-electron chi connectivity index (χ4n) is 3.92. The predicted molar refractivity (Wildman–Crippen MR) is 134 cm³/mol. The van der Waals surface area contributed by atoms with Crippen LogP contribution in [0, 0.1) is 11.6 Å². The van der Waals surface area contributed by atoms with E-state index in [4.69, 9.17) is 11.6 Å². The van der Waals surface area contributed by atoms with E-state index in [1.807, 2.05) is 0 Å². The SMILES string of the molecule is C.C=C(CN1CCNCC1)N(Cc1ccc(C2=NN=C(C(F)F)C2)cc1F)c1ccc(F)c(Cl)c1. The third-order valence-electron chi connectivity index (χ3n) is 5.83. The standard InChI is InChI=1S/C24H24ClF4N5.CH4/c1-15(13-33-8-6-30-7-9-33)34(18-4-5-20(26)19(25)11-18)14-17-3-2-16(10-21(17)27)22-12-23(24(28)29)32-31-22;/h2-5,10-11,24,30H,1,6-9,12-14H2;1H4. The minimum Gasteiger partial charge on any atom is -0.340 e. The van der Waals surface area contributed by atoms with Gasteiger partial charge >= 0.3 is 0 Å². The van der Waals surface area contributed by atoms with Gasteiger partial charge in [-0.1, -0.05) is 37.7 Å². The predicted octanol–water partition coefficient (Wildman–Crippen LogP) is 5.49. The summed E-state index contributed by atoms with van der Waals surface area (Å²) < 4.78 is 54.6. The molecule has 0 aromatic heterocycles. The molecule has 0 radical (unpaired) electrons. The molecule has 1 fully saturated rings. The van der Waals surface area contributed by atoms with Crippen LogP contribution in [0.15, 0.2) is 58.9 Å². The first-order valence-electron chi connectivity index (χ1n) is 10.9. The van der Waals surface area contributed by atoms with Crippen LogP contribution in [0.2, 0.25) is 5.02 Å². The van der Waals surface area contributed by atoms with Crippen molar-refractivity contribution in [1.29, 1.82) is 0 Å². The number of halogens is 5. The highest BCUT2D eigenvalue weighted by molar-refractivity contribution is 6.31. The van der Waals surface area contributed by atoms with Crippen LogP contribution in [-0.4, -0.2) is 55.5 Å². The first-order valence-corrected chi connectivity index (χ1v) is 11.2. The summed E-state index contributed by atoms with van der Waals surface area (Å²) in [6.07, 6.45) is -2.80. The number of hydrogen-bond acceptors (Lipinski definition) is 5. The van der Waals surface area contributed by atoms with Crippen LogP contribution in [0.5, 0.6) is 0 Å². The molecular formula is C25H28ClF4N5. The van der Waals surface area contributed by atoms with Crippen LogP contribution >= 0.6 is 11.6 Å². The summed E-state index contributed by atoms with van der Waals surface area (Å²) >= 11 is 6.01. The van der Waals surface area contributed by atoms with Crippen molar-refractivity contribution in [3.63, 3.8) is 0 Å². The van der Waals surface area contributed by atoms with Gasteiger partial charge in [-0.3, -0.25) is 4.90 Å². The largest absolute Gasteiger partial charge is 0.340 e. The van der Waals surface area contributed by atoms with Crippen molar-refractivity contribution in [1.82, 2.24) is 10.2 Å². The summed E-state index contributed by atoms with van der Waals surface area (Å²) in [6.45, 7) is 8.33. The highest BCUT2D eigenvalue weighted by Gasteiger charge is 2.23. The quantitative estimate of drug-likeness (QED) is 0.478. The fraction of sp³-hybridized carbons (Fsp3) is 0.360. The second-order valence-corrected chi connectivity index (χ2v) is 8.61. The minimum atomic E-state index is -2.69. The van der Waals surface area contributed by atoms with Gasteiger partial charge in [-0.2, -0.15) is 10.2 Å². The Hall–Kier alpha value is -2.75. The van der Waals surface area contributed by atoms with E-state index in [1.165, 1.54) is 18.2 Å². The average Bonchev–Trinajstić information content (AvgIpc) is 3.31. The van der Waals surface area contributed by atoms with Crippen molar-refractivity contribution in [2.75, 3.05) is 37.6 Å². The lowest BCUT2D eigenvalue weighted by Crippen LogP contribution is -2.45.